The van der Waals surface area contributed by atoms with Crippen LogP contribution in [-0.4, -0.2) is 36.7 Å². The van der Waals surface area contributed by atoms with E-state index < -0.39 is 23.5 Å². The maximum atomic E-state index is 14.0. The van der Waals surface area contributed by atoms with Gasteiger partial charge in [-0.2, -0.15) is 26.3 Å². The molecule has 5 rings (SSSR count). The minimum absolute atomic E-state index is 0.0669. The van der Waals surface area contributed by atoms with Crippen molar-refractivity contribution in [2.75, 3.05) is 29.9 Å². The van der Waals surface area contributed by atoms with Gasteiger partial charge in [0.15, 0.2) is 0 Å². The topological polar surface area (TPSA) is 18.5 Å². The molecule has 0 saturated carbocycles. The molecule has 1 fully saturated rings. The number of hydrogen-bond acceptors (Lipinski definition) is 3. The first kappa shape index (κ1) is 24.2. The van der Waals surface area contributed by atoms with Crippen LogP contribution in [0.4, 0.5) is 42.1 Å². The summed E-state index contributed by atoms with van der Waals surface area (Å²) in [6.07, 6.45) is -7.10. The molecule has 0 bridgehead atoms. The lowest BCUT2D eigenvalue weighted by atomic mass is 9.87. The first-order chi connectivity index (χ1) is 16.4. The third-order valence-electron chi connectivity index (χ3n) is 7.48. The molecule has 2 unspecified atom stereocenters. The van der Waals surface area contributed by atoms with Crippen molar-refractivity contribution in [3.8, 4) is 0 Å². The lowest BCUT2D eigenvalue weighted by molar-refractivity contribution is -0.143. The Balaban J connectivity index is 1.29. The fraction of sp³-hybridized carbons (Fsp3) is 0.520. The Morgan fingerprint density at radius 2 is 1.51 bits per heavy atom. The summed E-state index contributed by atoms with van der Waals surface area (Å²) in [5, 5.41) is 3.42. The standard InChI is InChI=1S/C25H26F7N3/c1-14-2-3-16-10-20(26)12-21-23(16)35(14)22(33-21)13-34-6-4-15(5-7-34)17-8-18(24(27,28)29)11-19(9-17)25(30,31)32/h8-12,14-15,22,33H,2-7,13H2,1H3. The molecule has 1 N–H and O–H groups in total. The highest BCUT2D eigenvalue weighted by Crippen LogP contribution is 2.44. The predicted octanol–water partition coefficient (Wildman–Crippen LogP) is 6.64. The van der Waals surface area contributed by atoms with E-state index in [0.29, 0.717) is 32.5 Å². The Morgan fingerprint density at radius 1 is 0.886 bits per heavy atom. The largest absolute Gasteiger partial charge is 0.416 e. The highest BCUT2D eigenvalue weighted by molar-refractivity contribution is 5.80. The first-order valence-corrected chi connectivity index (χ1v) is 11.8. The molecular formula is C25H26F7N3. The minimum Gasteiger partial charge on any atom is -0.362 e. The van der Waals surface area contributed by atoms with Crippen LogP contribution in [0.15, 0.2) is 30.3 Å². The maximum Gasteiger partial charge on any atom is 0.416 e. The van der Waals surface area contributed by atoms with E-state index in [9.17, 15) is 30.7 Å². The van der Waals surface area contributed by atoms with Crippen LogP contribution in [0.2, 0.25) is 0 Å². The molecule has 2 atom stereocenters. The molecule has 0 radical (unpaired) electrons. The van der Waals surface area contributed by atoms with Crippen LogP contribution >= 0.6 is 0 Å². The fourth-order valence-electron chi connectivity index (χ4n) is 5.74. The van der Waals surface area contributed by atoms with Crippen LogP contribution in [0.3, 0.4) is 0 Å². The van der Waals surface area contributed by atoms with Crippen molar-refractivity contribution < 1.29 is 30.7 Å². The van der Waals surface area contributed by atoms with E-state index in [0.717, 1.165) is 41.9 Å². The molecule has 3 aliphatic rings. The molecule has 2 aromatic rings. The van der Waals surface area contributed by atoms with Crippen molar-refractivity contribution in [1.82, 2.24) is 4.90 Å². The van der Waals surface area contributed by atoms with Crippen molar-refractivity contribution in [2.45, 2.75) is 63.1 Å². The maximum absolute atomic E-state index is 14.0. The zero-order chi connectivity index (χ0) is 25.1. The number of nitrogens with zero attached hydrogens (tertiary/aromatic N) is 2. The molecule has 35 heavy (non-hydrogen) atoms. The van der Waals surface area contributed by atoms with Gasteiger partial charge < -0.3 is 10.2 Å². The molecular weight excluding hydrogens is 475 g/mol. The van der Waals surface area contributed by atoms with E-state index in [-0.39, 0.29) is 35.6 Å². The Labute approximate surface area is 198 Å². The molecule has 1 saturated heterocycles. The van der Waals surface area contributed by atoms with Gasteiger partial charge in [0.05, 0.1) is 22.5 Å². The fourth-order valence-corrected chi connectivity index (χ4v) is 5.74. The average molecular weight is 501 g/mol. The highest BCUT2D eigenvalue weighted by atomic mass is 19.4. The number of anilines is 2. The van der Waals surface area contributed by atoms with Gasteiger partial charge in [0.2, 0.25) is 0 Å². The summed E-state index contributed by atoms with van der Waals surface area (Å²) in [7, 11) is 0. The number of aryl methyl sites for hydroxylation is 1. The van der Waals surface area contributed by atoms with Crippen LogP contribution in [0.5, 0.6) is 0 Å². The molecule has 190 valence electrons. The van der Waals surface area contributed by atoms with E-state index in [2.05, 4.69) is 22.0 Å². The van der Waals surface area contributed by atoms with Gasteiger partial charge in [-0.3, -0.25) is 4.90 Å². The molecule has 3 heterocycles. The summed E-state index contributed by atoms with van der Waals surface area (Å²) >= 11 is 0. The Morgan fingerprint density at radius 3 is 2.11 bits per heavy atom. The number of likely N-dealkylation sites (tertiary alicyclic amines) is 1. The number of nitrogens with one attached hydrogen (secondary N) is 1. The third kappa shape index (κ3) is 4.69. The van der Waals surface area contributed by atoms with Crippen LogP contribution in [0.25, 0.3) is 0 Å². The summed E-state index contributed by atoms with van der Waals surface area (Å²) < 4.78 is 93.6. The van der Waals surface area contributed by atoms with Crippen molar-refractivity contribution in [1.29, 1.82) is 0 Å². The molecule has 0 aromatic heterocycles. The van der Waals surface area contributed by atoms with Gasteiger partial charge in [0.25, 0.3) is 0 Å². The van der Waals surface area contributed by atoms with Gasteiger partial charge >= 0.3 is 12.4 Å². The van der Waals surface area contributed by atoms with E-state index in [1.807, 2.05) is 0 Å². The highest BCUT2D eigenvalue weighted by Gasteiger charge is 2.40. The molecule has 3 aliphatic heterocycles. The Kier molecular flexibility index (Phi) is 5.93. The molecule has 2 aromatic carbocycles. The molecule has 0 spiro atoms. The van der Waals surface area contributed by atoms with Crippen molar-refractivity contribution in [2.24, 2.45) is 0 Å². The SMILES string of the molecule is CC1CCc2cc(F)cc3c2N1C(CN1CCC(c2cc(C(F)(F)F)cc(C(F)(F)F)c2)CC1)N3. The summed E-state index contributed by atoms with van der Waals surface area (Å²) in [6.45, 7) is 3.87. The second kappa shape index (κ2) is 8.57. The van der Waals surface area contributed by atoms with Crippen molar-refractivity contribution in [3.63, 3.8) is 0 Å². The zero-order valence-electron chi connectivity index (χ0n) is 19.1. The second-order valence-electron chi connectivity index (χ2n) is 9.83. The lowest BCUT2D eigenvalue weighted by Crippen LogP contribution is -2.51. The number of benzene rings is 2. The summed E-state index contributed by atoms with van der Waals surface area (Å²) in [4.78, 5) is 4.46. The van der Waals surface area contributed by atoms with Crippen LogP contribution < -0.4 is 10.2 Å². The monoisotopic (exact) mass is 501 g/mol. The quantitative estimate of drug-likeness (QED) is 0.476. The molecule has 0 aliphatic carbocycles. The predicted molar refractivity (Wildman–Crippen MR) is 119 cm³/mol. The van der Waals surface area contributed by atoms with Gasteiger partial charge in [-0.25, -0.2) is 4.39 Å². The number of halogens is 7. The number of hydrogen-bond donors (Lipinski definition) is 1. The number of rotatable bonds is 3. The van der Waals surface area contributed by atoms with Gasteiger partial charge in [-0.15, -0.1) is 0 Å². The lowest BCUT2D eigenvalue weighted by Gasteiger charge is -2.40. The van der Waals surface area contributed by atoms with Crippen molar-refractivity contribution in [3.05, 3.63) is 58.4 Å². The molecule has 10 heteroatoms. The zero-order valence-corrected chi connectivity index (χ0v) is 19.1. The van der Waals surface area contributed by atoms with Gasteiger partial charge in [-0.05, 0) is 93.1 Å². The van der Waals surface area contributed by atoms with Gasteiger partial charge in [0.1, 0.15) is 12.0 Å². The van der Waals surface area contributed by atoms with E-state index >= 15 is 0 Å². The molecule has 3 nitrogen and oxygen atoms in total. The van der Waals surface area contributed by atoms with Crippen molar-refractivity contribution >= 4 is 11.4 Å². The summed E-state index contributed by atoms with van der Waals surface area (Å²) in [6, 6.07) is 5.25. The number of piperidine rings is 1. The Hall–Kier alpha value is -2.49. The third-order valence-corrected chi connectivity index (χ3v) is 7.48. The smallest absolute Gasteiger partial charge is 0.362 e. The second-order valence-corrected chi connectivity index (χ2v) is 9.83. The van der Waals surface area contributed by atoms with Crippen LogP contribution in [0, 0.1) is 5.82 Å². The van der Waals surface area contributed by atoms with Crippen LogP contribution in [0.1, 0.15) is 54.4 Å². The van der Waals surface area contributed by atoms with Gasteiger partial charge in [-0.1, -0.05) is 0 Å². The first-order valence-electron chi connectivity index (χ1n) is 11.8. The average Bonchev–Trinajstić information content (AvgIpc) is 3.14. The van der Waals surface area contributed by atoms with Gasteiger partial charge in [0, 0.05) is 12.6 Å². The summed E-state index contributed by atoms with van der Waals surface area (Å²) in [5.41, 5.74) is 0.350. The van der Waals surface area contributed by atoms with Crippen LogP contribution in [-0.2, 0) is 18.8 Å². The number of alkyl halides is 6. The van der Waals surface area contributed by atoms with E-state index in [1.165, 1.54) is 6.07 Å². The molecule has 0 amide bonds. The van der Waals surface area contributed by atoms with E-state index in [1.54, 1.807) is 6.07 Å². The summed E-state index contributed by atoms with van der Waals surface area (Å²) in [5.74, 6) is -0.653. The minimum atomic E-state index is -4.84. The normalized spacial score (nSPS) is 23.4. The van der Waals surface area contributed by atoms with E-state index in [4.69, 9.17) is 0 Å². The Bertz CT molecular complexity index is 1070.